The summed E-state index contributed by atoms with van der Waals surface area (Å²) in [5.74, 6) is -0.243. The highest BCUT2D eigenvalue weighted by Gasteiger charge is 2.11. The van der Waals surface area contributed by atoms with Crippen LogP contribution in [0, 0.1) is 0 Å². The lowest BCUT2D eigenvalue weighted by Gasteiger charge is -2.09. The second-order valence-corrected chi connectivity index (χ2v) is 7.06. The molecule has 0 saturated heterocycles. The average Bonchev–Trinajstić information content (AvgIpc) is 2.76. The Morgan fingerprint density at radius 3 is 2.65 bits per heavy atom. The molecular formula is C24H25NO6. The second kappa shape index (κ2) is 11.0. The maximum Gasteiger partial charge on any atom is 0.407 e. The van der Waals surface area contributed by atoms with E-state index in [2.05, 4.69) is 12.2 Å². The number of alkyl carbamates (subject to hydrolysis) is 1. The van der Waals surface area contributed by atoms with Gasteiger partial charge < -0.3 is 19.2 Å². The maximum atomic E-state index is 12.1. The molecule has 0 aliphatic carbocycles. The number of nitrogens with one attached hydrogen (secondary N) is 1. The Labute approximate surface area is 180 Å². The number of ether oxygens (including phenoxy) is 2. The van der Waals surface area contributed by atoms with Crippen molar-refractivity contribution in [2.45, 2.75) is 39.2 Å². The minimum Gasteiger partial charge on any atom is -0.445 e. The van der Waals surface area contributed by atoms with Gasteiger partial charge in [0.1, 0.15) is 17.9 Å². The number of benzene rings is 2. The van der Waals surface area contributed by atoms with Crippen LogP contribution in [0.25, 0.3) is 11.0 Å². The summed E-state index contributed by atoms with van der Waals surface area (Å²) in [5.41, 5.74) is 1.74. The highest BCUT2D eigenvalue weighted by molar-refractivity contribution is 5.83. The Hall–Kier alpha value is -3.61. The molecule has 1 amide bonds. The Morgan fingerprint density at radius 2 is 1.87 bits per heavy atom. The zero-order valence-corrected chi connectivity index (χ0v) is 17.4. The molecule has 31 heavy (non-hydrogen) atoms. The molecule has 0 atom stereocenters. The smallest absolute Gasteiger partial charge is 0.407 e. The van der Waals surface area contributed by atoms with Gasteiger partial charge in [-0.05, 0) is 36.1 Å². The van der Waals surface area contributed by atoms with Crippen LogP contribution in [0.5, 0.6) is 5.75 Å². The minimum atomic E-state index is -0.608. The van der Waals surface area contributed by atoms with Crippen LogP contribution in [0.1, 0.15) is 37.3 Å². The van der Waals surface area contributed by atoms with Gasteiger partial charge in [-0.25, -0.2) is 9.59 Å². The first-order valence-corrected chi connectivity index (χ1v) is 10.3. The van der Waals surface area contributed by atoms with E-state index in [1.807, 2.05) is 30.3 Å². The Bertz CT molecular complexity index is 1090. The first kappa shape index (κ1) is 22.1. The highest BCUT2D eigenvalue weighted by atomic mass is 16.5. The molecule has 0 saturated carbocycles. The van der Waals surface area contributed by atoms with Gasteiger partial charge in [0.25, 0.3) is 0 Å². The van der Waals surface area contributed by atoms with E-state index in [9.17, 15) is 14.4 Å². The number of carbonyl (C=O) groups excluding carboxylic acids is 2. The molecule has 1 aromatic heterocycles. The predicted molar refractivity (Wildman–Crippen MR) is 116 cm³/mol. The van der Waals surface area contributed by atoms with Gasteiger partial charge in [0.05, 0.1) is 6.42 Å². The number of unbranched alkanes of at least 4 members (excludes halogenated alkanes) is 1. The van der Waals surface area contributed by atoms with Crippen molar-refractivity contribution in [3.63, 3.8) is 0 Å². The van der Waals surface area contributed by atoms with E-state index in [0.29, 0.717) is 5.58 Å². The molecule has 0 spiro atoms. The van der Waals surface area contributed by atoms with E-state index in [1.54, 1.807) is 12.1 Å². The standard InChI is InChI=1S/C24H25NO6/c1-2-3-9-18-14-23(27)31-21-15-19(10-11-20(18)21)30-22(26)12-13-25-24(28)29-16-17-7-5-4-6-8-17/h4-8,10-11,14-15H,2-3,9,12-13,16H2,1H3,(H,25,28). The first-order chi connectivity index (χ1) is 15.0. The molecule has 1 heterocycles. The zero-order valence-electron chi connectivity index (χ0n) is 17.4. The van der Waals surface area contributed by atoms with Crippen molar-refractivity contribution in [3.05, 3.63) is 76.1 Å². The van der Waals surface area contributed by atoms with Crippen molar-refractivity contribution in [3.8, 4) is 5.75 Å². The number of esters is 1. The molecule has 1 N–H and O–H groups in total. The summed E-state index contributed by atoms with van der Waals surface area (Å²) in [4.78, 5) is 35.6. The molecule has 3 rings (SSSR count). The molecule has 2 aromatic carbocycles. The maximum absolute atomic E-state index is 12.1. The third kappa shape index (κ3) is 6.70. The molecule has 7 heteroatoms. The number of hydrogen-bond acceptors (Lipinski definition) is 6. The van der Waals surface area contributed by atoms with E-state index < -0.39 is 17.7 Å². The number of amides is 1. The monoisotopic (exact) mass is 423 g/mol. The fraction of sp³-hybridized carbons (Fsp3) is 0.292. The van der Waals surface area contributed by atoms with E-state index in [1.165, 1.54) is 12.1 Å². The third-order valence-electron chi connectivity index (χ3n) is 4.64. The third-order valence-corrected chi connectivity index (χ3v) is 4.64. The summed E-state index contributed by atoms with van der Waals surface area (Å²) in [6, 6.07) is 15.8. The van der Waals surface area contributed by atoms with Crippen molar-refractivity contribution in [2.24, 2.45) is 0 Å². The van der Waals surface area contributed by atoms with Crippen molar-refractivity contribution in [1.29, 1.82) is 0 Å². The van der Waals surface area contributed by atoms with E-state index >= 15 is 0 Å². The van der Waals surface area contributed by atoms with Crippen molar-refractivity contribution in [2.75, 3.05) is 6.54 Å². The molecule has 0 bridgehead atoms. The lowest BCUT2D eigenvalue weighted by Crippen LogP contribution is -2.27. The quantitative estimate of drug-likeness (QED) is 0.312. The molecule has 0 unspecified atom stereocenters. The van der Waals surface area contributed by atoms with Gasteiger partial charge in [-0.1, -0.05) is 43.7 Å². The van der Waals surface area contributed by atoms with Crippen molar-refractivity contribution < 1.29 is 23.5 Å². The molecule has 3 aromatic rings. The average molecular weight is 423 g/mol. The lowest BCUT2D eigenvalue weighted by atomic mass is 10.0. The number of carbonyl (C=O) groups is 2. The normalized spacial score (nSPS) is 10.6. The van der Waals surface area contributed by atoms with Crippen LogP contribution in [-0.4, -0.2) is 18.6 Å². The van der Waals surface area contributed by atoms with Crippen LogP contribution in [0.3, 0.4) is 0 Å². The number of hydrogen-bond donors (Lipinski definition) is 1. The second-order valence-electron chi connectivity index (χ2n) is 7.06. The van der Waals surface area contributed by atoms with E-state index in [-0.39, 0.29) is 25.3 Å². The fourth-order valence-corrected chi connectivity index (χ4v) is 3.07. The van der Waals surface area contributed by atoms with Crippen LogP contribution >= 0.6 is 0 Å². The molecule has 0 aliphatic rings. The van der Waals surface area contributed by atoms with Crippen molar-refractivity contribution >= 4 is 23.0 Å². The van der Waals surface area contributed by atoms with Crippen LogP contribution in [0.4, 0.5) is 4.79 Å². The van der Waals surface area contributed by atoms with Gasteiger partial charge in [0.15, 0.2) is 0 Å². The Morgan fingerprint density at radius 1 is 1.06 bits per heavy atom. The molecule has 0 aliphatic heterocycles. The predicted octanol–water partition coefficient (Wildman–Crippen LogP) is 4.36. The van der Waals surface area contributed by atoms with Crippen LogP contribution in [-0.2, 0) is 22.6 Å². The van der Waals surface area contributed by atoms with Gasteiger partial charge in [-0.2, -0.15) is 0 Å². The Balaban J connectivity index is 1.49. The van der Waals surface area contributed by atoms with Gasteiger partial charge >= 0.3 is 17.7 Å². The summed E-state index contributed by atoms with van der Waals surface area (Å²) in [6.07, 6.45) is 2.13. The van der Waals surface area contributed by atoms with Crippen LogP contribution < -0.4 is 15.7 Å². The summed E-state index contributed by atoms with van der Waals surface area (Å²) >= 11 is 0. The van der Waals surface area contributed by atoms with Gasteiger partial charge in [0.2, 0.25) is 0 Å². The fourth-order valence-electron chi connectivity index (χ4n) is 3.07. The summed E-state index contributed by atoms with van der Waals surface area (Å²) in [7, 11) is 0. The summed E-state index contributed by atoms with van der Waals surface area (Å²) in [6.45, 7) is 2.32. The van der Waals surface area contributed by atoms with Crippen LogP contribution in [0.15, 0.2) is 63.8 Å². The molecule has 7 nitrogen and oxygen atoms in total. The number of fused-ring (bicyclic) bond motifs is 1. The zero-order chi connectivity index (χ0) is 22.1. The highest BCUT2D eigenvalue weighted by Crippen LogP contribution is 2.24. The summed E-state index contributed by atoms with van der Waals surface area (Å²) in [5, 5.41) is 3.34. The topological polar surface area (TPSA) is 94.8 Å². The van der Waals surface area contributed by atoms with Gasteiger partial charge in [-0.15, -0.1) is 0 Å². The molecule has 0 fully saturated rings. The van der Waals surface area contributed by atoms with Gasteiger partial charge in [0, 0.05) is 24.1 Å². The van der Waals surface area contributed by atoms with E-state index in [4.69, 9.17) is 13.9 Å². The van der Waals surface area contributed by atoms with Crippen LogP contribution in [0.2, 0.25) is 0 Å². The molecule has 0 radical (unpaired) electrons. The van der Waals surface area contributed by atoms with Crippen molar-refractivity contribution in [1.82, 2.24) is 5.32 Å². The Kier molecular flexibility index (Phi) is 7.81. The number of aryl methyl sites for hydroxylation is 1. The van der Waals surface area contributed by atoms with E-state index in [0.717, 1.165) is 35.8 Å². The first-order valence-electron chi connectivity index (χ1n) is 10.3. The molecule has 162 valence electrons. The van der Waals surface area contributed by atoms with Gasteiger partial charge in [-0.3, -0.25) is 4.79 Å². The summed E-state index contributed by atoms with van der Waals surface area (Å²) < 4.78 is 15.6. The SMILES string of the molecule is CCCCc1cc(=O)oc2cc(OC(=O)CCNC(=O)OCc3ccccc3)ccc12. The number of rotatable bonds is 9. The largest absolute Gasteiger partial charge is 0.445 e. The molecular weight excluding hydrogens is 398 g/mol. The minimum absolute atomic E-state index is 0.0288. The lowest BCUT2D eigenvalue weighted by molar-refractivity contribution is -0.134.